The van der Waals surface area contributed by atoms with E-state index in [4.69, 9.17) is 11.6 Å². The molecule has 17 heavy (non-hydrogen) atoms. The number of nitrogens with zero attached hydrogens (tertiary/aromatic N) is 2. The predicted molar refractivity (Wildman–Crippen MR) is 69.9 cm³/mol. The Bertz CT molecular complexity index is 522. The molecule has 0 spiro atoms. The minimum absolute atomic E-state index is 0.587. The van der Waals surface area contributed by atoms with E-state index in [1.807, 2.05) is 35.1 Å². The molecule has 0 aliphatic carbocycles. The number of imidazole rings is 1. The summed E-state index contributed by atoms with van der Waals surface area (Å²) in [5, 5.41) is 1.54. The largest absolute Gasteiger partial charge is 0.312 e. The summed E-state index contributed by atoms with van der Waals surface area (Å²) >= 11 is 7.35. The first kappa shape index (κ1) is 12.2. The Hall–Kier alpha value is -1.26. The molecule has 0 N–H and O–H groups in total. The van der Waals surface area contributed by atoms with E-state index in [-0.39, 0.29) is 0 Å². The van der Waals surface area contributed by atoms with E-state index >= 15 is 0 Å². The summed E-state index contributed by atoms with van der Waals surface area (Å²) in [5.41, 5.74) is 1.68. The van der Waals surface area contributed by atoms with E-state index < -0.39 is 0 Å². The molecular formula is C12H11ClN2OS. The molecule has 0 atom stereocenters. The third kappa shape index (κ3) is 2.70. The third-order valence-corrected chi connectivity index (χ3v) is 3.35. The van der Waals surface area contributed by atoms with Crippen molar-refractivity contribution >= 4 is 29.6 Å². The lowest BCUT2D eigenvalue weighted by Gasteiger charge is -2.08. The SMILES string of the molecule is CSc1ncc(C=O)n1Cc1ccc(Cl)cc1. The highest BCUT2D eigenvalue weighted by Gasteiger charge is 2.08. The van der Waals surface area contributed by atoms with Crippen LogP contribution < -0.4 is 0 Å². The van der Waals surface area contributed by atoms with Gasteiger partial charge < -0.3 is 4.57 Å². The average Bonchev–Trinajstić information content (AvgIpc) is 2.74. The highest BCUT2D eigenvalue weighted by atomic mass is 35.5. The van der Waals surface area contributed by atoms with Crippen molar-refractivity contribution in [3.05, 3.63) is 46.7 Å². The van der Waals surface area contributed by atoms with Crippen LogP contribution in [0.1, 0.15) is 16.1 Å². The van der Waals surface area contributed by atoms with Crippen LogP contribution in [0.15, 0.2) is 35.6 Å². The van der Waals surface area contributed by atoms with Crippen molar-refractivity contribution in [1.82, 2.24) is 9.55 Å². The molecule has 0 amide bonds. The van der Waals surface area contributed by atoms with E-state index in [1.165, 1.54) is 11.8 Å². The van der Waals surface area contributed by atoms with Crippen LogP contribution in [0.5, 0.6) is 0 Å². The van der Waals surface area contributed by atoms with Crippen molar-refractivity contribution in [2.24, 2.45) is 0 Å². The summed E-state index contributed by atoms with van der Waals surface area (Å²) in [5.74, 6) is 0. The van der Waals surface area contributed by atoms with Gasteiger partial charge in [-0.05, 0) is 24.0 Å². The fourth-order valence-corrected chi connectivity index (χ4v) is 2.23. The highest BCUT2D eigenvalue weighted by Crippen LogP contribution is 2.18. The van der Waals surface area contributed by atoms with Gasteiger partial charge in [0.25, 0.3) is 0 Å². The lowest BCUT2D eigenvalue weighted by Crippen LogP contribution is -2.05. The molecule has 0 aliphatic heterocycles. The topological polar surface area (TPSA) is 34.9 Å². The standard InChI is InChI=1S/C12H11ClN2OS/c1-17-12-14-6-11(8-16)15(12)7-9-2-4-10(13)5-3-9/h2-6,8H,7H2,1H3. The maximum absolute atomic E-state index is 10.9. The molecular weight excluding hydrogens is 256 g/mol. The molecule has 0 radical (unpaired) electrons. The second kappa shape index (κ2) is 5.38. The monoisotopic (exact) mass is 266 g/mol. The van der Waals surface area contributed by atoms with Crippen LogP contribution in [-0.2, 0) is 6.54 Å². The van der Waals surface area contributed by atoms with Gasteiger partial charge in [0.1, 0.15) is 5.69 Å². The van der Waals surface area contributed by atoms with Gasteiger partial charge in [-0.25, -0.2) is 4.98 Å². The minimum atomic E-state index is 0.587. The number of halogens is 1. The zero-order valence-corrected chi connectivity index (χ0v) is 10.8. The Balaban J connectivity index is 2.31. The van der Waals surface area contributed by atoms with Crippen molar-refractivity contribution < 1.29 is 4.79 Å². The molecule has 88 valence electrons. The molecule has 2 rings (SSSR count). The Labute approximate surface area is 109 Å². The third-order valence-electron chi connectivity index (χ3n) is 2.41. The molecule has 0 saturated carbocycles. The number of carbonyl (C=O) groups is 1. The van der Waals surface area contributed by atoms with Crippen LogP contribution in [0.2, 0.25) is 5.02 Å². The van der Waals surface area contributed by atoms with E-state index in [0.717, 1.165) is 17.0 Å². The molecule has 2 aromatic rings. The number of hydrogen-bond donors (Lipinski definition) is 0. The maximum Gasteiger partial charge on any atom is 0.168 e. The van der Waals surface area contributed by atoms with Gasteiger partial charge in [0, 0.05) is 5.02 Å². The van der Waals surface area contributed by atoms with Gasteiger partial charge in [-0.2, -0.15) is 0 Å². The Kier molecular flexibility index (Phi) is 3.86. The summed E-state index contributed by atoms with van der Waals surface area (Å²) in [6.45, 7) is 0.626. The van der Waals surface area contributed by atoms with Crippen molar-refractivity contribution in [3.63, 3.8) is 0 Å². The lowest BCUT2D eigenvalue weighted by molar-refractivity contribution is 0.111. The molecule has 5 heteroatoms. The molecule has 0 bridgehead atoms. The van der Waals surface area contributed by atoms with E-state index in [2.05, 4.69) is 4.98 Å². The quantitative estimate of drug-likeness (QED) is 0.630. The fraction of sp³-hybridized carbons (Fsp3) is 0.167. The van der Waals surface area contributed by atoms with Crippen LogP contribution >= 0.6 is 23.4 Å². The molecule has 1 aromatic heterocycles. The molecule has 0 fully saturated rings. The highest BCUT2D eigenvalue weighted by molar-refractivity contribution is 7.98. The number of thioether (sulfide) groups is 1. The molecule has 3 nitrogen and oxygen atoms in total. The van der Waals surface area contributed by atoms with Gasteiger partial charge in [-0.15, -0.1) is 0 Å². The minimum Gasteiger partial charge on any atom is -0.312 e. The van der Waals surface area contributed by atoms with Gasteiger partial charge in [-0.1, -0.05) is 35.5 Å². The number of aldehydes is 1. The van der Waals surface area contributed by atoms with Crippen LogP contribution in [-0.4, -0.2) is 22.1 Å². The van der Waals surface area contributed by atoms with E-state index in [9.17, 15) is 4.79 Å². The number of rotatable bonds is 4. The van der Waals surface area contributed by atoms with Crippen LogP contribution in [0.4, 0.5) is 0 Å². The zero-order chi connectivity index (χ0) is 12.3. The van der Waals surface area contributed by atoms with Gasteiger partial charge >= 0.3 is 0 Å². The van der Waals surface area contributed by atoms with Gasteiger partial charge in [0.2, 0.25) is 0 Å². The maximum atomic E-state index is 10.9. The van der Waals surface area contributed by atoms with Gasteiger partial charge in [-0.3, -0.25) is 4.79 Å². The van der Waals surface area contributed by atoms with Gasteiger partial charge in [0.15, 0.2) is 11.4 Å². The number of benzene rings is 1. The molecule has 1 heterocycles. The van der Waals surface area contributed by atoms with Crippen molar-refractivity contribution in [2.45, 2.75) is 11.7 Å². The van der Waals surface area contributed by atoms with Crippen LogP contribution in [0, 0.1) is 0 Å². The fourth-order valence-electron chi connectivity index (χ4n) is 1.56. The predicted octanol–water partition coefficient (Wildman–Crippen LogP) is 3.12. The van der Waals surface area contributed by atoms with E-state index in [1.54, 1.807) is 6.20 Å². The first-order valence-electron chi connectivity index (χ1n) is 5.03. The Morgan fingerprint density at radius 3 is 2.71 bits per heavy atom. The van der Waals surface area contributed by atoms with Gasteiger partial charge in [0.05, 0.1) is 12.7 Å². The Morgan fingerprint density at radius 2 is 2.12 bits per heavy atom. The average molecular weight is 267 g/mol. The van der Waals surface area contributed by atoms with Crippen LogP contribution in [0.3, 0.4) is 0 Å². The van der Waals surface area contributed by atoms with Crippen LogP contribution in [0.25, 0.3) is 0 Å². The summed E-state index contributed by atoms with van der Waals surface area (Å²) in [6.07, 6.45) is 4.35. The number of hydrogen-bond acceptors (Lipinski definition) is 3. The summed E-state index contributed by atoms with van der Waals surface area (Å²) < 4.78 is 1.89. The van der Waals surface area contributed by atoms with E-state index in [0.29, 0.717) is 17.3 Å². The molecule has 0 aliphatic rings. The lowest BCUT2D eigenvalue weighted by atomic mass is 10.2. The van der Waals surface area contributed by atoms with Crippen molar-refractivity contribution in [3.8, 4) is 0 Å². The smallest absolute Gasteiger partial charge is 0.168 e. The zero-order valence-electron chi connectivity index (χ0n) is 9.26. The Morgan fingerprint density at radius 1 is 1.41 bits per heavy atom. The molecule has 0 unspecified atom stereocenters. The number of aromatic nitrogens is 2. The van der Waals surface area contributed by atoms with Crippen molar-refractivity contribution in [1.29, 1.82) is 0 Å². The molecule has 1 aromatic carbocycles. The normalized spacial score (nSPS) is 10.5. The second-order valence-corrected chi connectivity index (χ2v) is 4.71. The summed E-state index contributed by atoms with van der Waals surface area (Å²) in [6, 6.07) is 7.57. The summed E-state index contributed by atoms with van der Waals surface area (Å²) in [7, 11) is 0. The first-order chi connectivity index (χ1) is 8.24. The first-order valence-corrected chi connectivity index (χ1v) is 6.64. The number of carbonyl (C=O) groups excluding carboxylic acids is 1. The molecule has 0 saturated heterocycles. The van der Waals surface area contributed by atoms with Crippen molar-refractivity contribution in [2.75, 3.05) is 6.26 Å². The second-order valence-electron chi connectivity index (χ2n) is 3.50. The summed E-state index contributed by atoms with van der Waals surface area (Å²) in [4.78, 5) is 15.1.